The van der Waals surface area contributed by atoms with Crippen LogP contribution in [0.3, 0.4) is 0 Å². The van der Waals surface area contributed by atoms with Gasteiger partial charge in [-0.05, 0) is 36.8 Å². The minimum Gasteiger partial charge on any atom is -0.310 e. The molecule has 4 nitrogen and oxygen atoms in total. The molecule has 3 rings (SSSR count). The van der Waals surface area contributed by atoms with Gasteiger partial charge in [-0.2, -0.15) is 5.10 Å². The summed E-state index contributed by atoms with van der Waals surface area (Å²) in [4.78, 5) is 11.7. The van der Waals surface area contributed by atoms with Crippen LogP contribution in [0, 0.1) is 6.92 Å². The molecule has 0 aliphatic heterocycles. The zero-order valence-electron chi connectivity index (χ0n) is 12.9. The molecule has 0 unspecified atom stereocenters. The summed E-state index contributed by atoms with van der Waals surface area (Å²) in [6, 6.07) is 17.2. The maximum absolute atomic E-state index is 11.7. The summed E-state index contributed by atoms with van der Waals surface area (Å²) in [6.45, 7) is 3.41. The lowest BCUT2D eigenvalue weighted by Crippen LogP contribution is -2.11. The molecule has 2 aromatic carbocycles. The third-order valence-corrected chi connectivity index (χ3v) is 3.74. The fourth-order valence-electron chi connectivity index (χ4n) is 2.53. The van der Waals surface area contributed by atoms with Gasteiger partial charge < -0.3 is 5.32 Å². The number of para-hydroxylation sites is 1. The molecule has 1 N–H and O–H groups in total. The van der Waals surface area contributed by atoms with Crippen molar-refractivity contribution in [3.8, 4) is 16.8 Å². The number of nitrogens with zero attached hydrogens (tertiary/aromatic N) is 2. The minimum atomic E-state index is -0.141. The molecule has 0 radical (unpaired) electrons. The van der Waals surface area contributed by atoms with Gasteiger partial charge in [-0.1, -0.05) is 41.9 Å². The largest absolute Gasteiger partial charge is 0.310 e. The number of carbonyl (C=O) groups is 1. The van der Waals surface area contributed by atoms with Crippen molar-refractivity contribution in [1.29, 1.82) is 0 Å². The van der Waals surface area contributed by atoms with Crippen molar-refractivity contribution in [3.05, 3.63) is 65.3 Å². The number of nitrogens with one attached hydrogen (secondary N) is 1. The van der Waals surface area contributed by atoms with Gasteiger partial charge in [-0.15, -0.1) is 0 Å². The third kappa shape index (κ3) is 3.12. The highest BCUT2D eigenvalue weighted by Gasteiger charge is 2.18. The second-order valence-electron chi connectivity index (χ2n) is 5.24. The van der Waals surface area contributed by atoms with Crippen molar-refractivity contribution in [3.63, 3.8) is 0 Å². The maximum Gasteiger partial charge on any atom is 0.222 e. The number of hydrogen-bond donors (Lipinski definition) is 1. The highest BCUT2D eigenvalue weighted by atomic mass is 35.5. The fourth-order valence-corrected chi connectivity index (χ4v) is 2.65. The van der Waals surface area contributed by atoms with Crippen LogP contribution < -0.4 is 5.32 Å². The summed E-state index contributed by atoms with van der Waals surface area (Å²) < 4.78 is 1.75. The predicted molar refractivity (Wildman–Crippen MR) is 93.1 cm³/mol. The van der Waals surface area contributed by atoms with Crippen LogP contribution >= 0.6 is 11.6 Å². The van der Waals surface area contributed by atoms with Crippen molar-refractivity contribution in [1.82, 2.24) is 9.78 Å². The van der Waals surface area contributed by atoms with Crippen LogP contribution in [-0.2, 0) is 4.79 Å². The summed E-state index contributed by atoms with van der Waals surface area (Å²) in [5.41, 5.74) is 3.57. The van der Waals surface area contributed by atoms with E-state index in [9.17, 15) is 4.79 Å². The Morgan fingerprint density at radius 1 is 1.09 bits per heavy atom. The van der Waals surface area contributed by atoms with Crippen LogP contribution in [0.25, 0.3) is 16.8 Å². The van der Waals surface area contributed by atoms with Crippen LogP contribution in [0.5, 0.6) is 0 Å². The van der Waals surface area contributed by atoms with Crippen LogP contribution in [0.15, 0.2) is 54.6 Å². The lowest BCUT2D eigenvalue weighted by Gasteiger charge is -2.10. The number of aryl methyl sites for hydroxylation is 1. The molecule has 23 heavy (non-hydrogen) atoms. The average Bonchev–Trinajstić information content (AvgIpc) is 2.85. The molecular formula is C18H16ClN3O. The van der Waals surface area contributed by atoms with E-state index < -0.39 is 0 Å². The molecule has 1 aromatic heterocycles. The van der Waals surface area contributed by atoms with Gasteiger partial charge in [-0.25, -0.2) is 4.68 Å². The molecule has 0 atom stereocenters. The number of halogens is 1. The lowest BCUT2D eigenvalue weighted by molar-refractivity contribution is -0.114. The standard InChI is InChI=1S/C18H16ClN3O/c1-12-17(14-8-10-15(19)11-9-14)18(20-13(2)23)22(21-12)16-6-4-3-5-7-16/h3-11H,1-2H3,(H,20,23). The second-order valence-corrected chi connectivity index (χ2v) is 5.68. The predicted octanol–water partition coefficient (Wildman–Crippen LogP) is 4.46. The summed E-state index contributed by atoms with van der Waals surface area (Å²) in [5.74, 6) is 0.515. The Labute approximate surface area is 139 Å². The molecule has 0 bridgehead atoms. The van der Waals surface area contributed by atoms with Crippen molar-refractivity contribution < 1.29 is 4.79 Å². The van der Waals surface area contributed by atoms with E-state index in [0.29, 0.717) is 10.8 Å². The van der Waals surface area contributed by atoms with Crippen LogP contribution in [0.4, 0.5) is 5.82 Å². The minimum absolute atomic E-state index is 0.141. The van der Waals surface area contributed by atoms with E-state index in [-0.39, 0.29) is 5.91 Å². The number of carbonyl (C=O) groups excluding carboxylic acids is 1. The smallest absolute Gasteiger partial charge is 0.222 e. The number of benzene rings is 2. The third-order valence-electron chi connectivity index (χ3n) is 3.49. The SMILES string of the molecule is CC(=O)Nc1c(-c2ccc(Cl)cc2)c(C)nn1-c1ccccc1. The van der Waals surface area contributed by atoms with Gasteiger partial charge in [0, 0.05) is 17.5 Å². The Balaban J connectivity index is 2.21. The molecule has 0 aliphatic carbocycles. The number of hydrogen-bond acceptors (Lipinski definition) is 2. The monoisotopic (exact) mass is 325 g/mol. The Morgan fingerprint density at radius 2 is 1.74 bits per heavy atom. The normalized spacial score (nSPS) is 10.6. The summed E-state index contributed by atoms with van der Waals surface area (Å²) >= 11 is 5.97. The number of amides is 1. The van der Waals surface area contributed by atoms with Crippen LogP contribution in [-0.4, -0.2) is 15.7 Å². The van der Waals surface area contributed by atoms with Gasteiger partial charge in [0.2, 0.25) is 5.91 Å². The lowest BCUT2D eigenvalue weighted by atomic mass is 10.1. The van der Waals surface area contributed by atoms with E-state index in [1.807, 2.05) is 61.5 Å². The van der Waals surface area contributed by atoms with Crippen molar-refractivity contribution in [2.45, 2.75) is 13.8 Å². The van der Waals surface area contributed by atoms with Gasteiger partial charge in [-0.3, -0.25) is 4.79 Å². The highest BCUT2D eigenvalue weighted by Crippen LogP contribution is 2.34. The van der Waals surface area contributed by atoms with E-state index >= 15 is 0 Å². The summed E-state index contributed by atoms with van der Waals surface area (Å²) in [6.07, 6.45) is 0. The van der Waals surface area contributed by atoms with Gasteiger partial charge in [0.05, 0.1) is 11.4 Å². The molecule has 1 amide bonds. The Hall–Kier alpha value is -2.59. The van der Waals surface area contributed by atoms with Crippen molar-refractivity contribution >= 4 is 23.3 Å². The maximum atomic E-state index is 11.7. The topological polar surface area (TPSA) is 46.9 Å². The van der Waals surface area contributed by atoms with E-state index in [1.165, 1.54) is 6.92 Å². The first-order valence-electron chi connectivity index (χ1n) is 7.25. The molecule has 116 valence electrons. The molecule has 0 saturated carbocycles. The Morgan fingerprint density at radius 3 is 2.35 bits per heavy atom. The van der Waals surface area contributed by atoms with Gasteiger partial charge in [0.25, 0.3) is 0 Å². The van der Waals surface area contributed by atoms with Crippen LogP contribution in [0.1, 0.15) is 12.6 Å². The molecule has 5 heteroatoms. The second kappa shape index (κ2) is 6.26. The molecule has 0 aliphatic rings. The fraction of sp³-hybridized carbons (Fsp3) is 0.111. The van der Waals surface area contributed by atoms with Gasteiger partial charge in [0.15, 0.2) is 0 Å². The Kier molecular flexibility index (Phi) is 4.17. The molecular weight excluding hydrogens is 310 g/mol. The Bertz CT molecular complexity index is 839. The van der Waals surface area contributed by atoms with E-state index in [0.717, 1.165) is 22.5 Å². The molecule has 0 spiro atoms. The van der Waals surface area contributed by atoms with Gasteiger partial charge in [0.1, 0.15) is 5.82 Å². The number of aromatic nitrogens is 2. The average molecular weight is 326 g/mol. The zero-order chi connectivity index (χ0) is 16.4. The van der Waals surface area contributed by atoms with Gasteiger partial charge >= 0.3 is 0 Å². The summed E-state index contributed by atoms with van der Waals surface area (Å²) in [5, 5.41) is 8.17. The van der Waals surface area contributed by atoms with Crippen molar-refractivity contribution in [2.75, 3.05) is 5.32 Å². The molecule has 1 heterocycles. The number of anilines is 1. The highest BCUT2D eigenvalue weighted by molar-refractivity contribution is 6.30. The first-order chi connectivity index (χ1) is 11.1. The van der Waals surface area contributed by atoms with Crippen molar-refractivity contribution in [2.24, 2.45) is 0 Å². The van der Waals surface area contributed by atoms with E-state index in [2.05, 4.69) is 10.4 Å². The van der Waals surface area contributed by atoms with Crippen LogP contribution in [0.2, 0.25) is 5.02 Å². The molecule has 0 fully saturated rings. The van der Waals surface area contributed by atoms with E-state index in [4.69, 9.17) is 11.6 Å². The summed E-state index contributed by atoms with van der Waals surface area (Å²) in [7, 11) is 0. The molecule has 3 aromatic rings. The number of rotatable bonds is 3. The first kappa shape index (κ1) is 15.3. The molecule has 0 saturated heterocycles. The van der Waals surface area contributed by atoms with E-state index in [1.54, 1.807) is 4.68 Å². The quantitative estimate of drug-likeness (QED) is 0.772. The zero-order valence-corrected chi connectivity index (χ0v) is 13.6. The first-order valence-corrected chi connectivity index (χ1v) is 7.62.